The van der Waals surface area contributed by atoms with Gasteiger partial charge >= 0.3 is 12.1 Å². The van der Waals surface area contributed by atoms with Crippen LogP contribution in [0.2, 0.25) is 0 Å². The number of ether oxygens (including phenoxy) is 2. The van der Waals surface area contributed by atoms with Crippen molar-refractivity contribution in [3.8, 4) is 17.0 Å². The topological polar surface area (TPSA) is 103 Å². The van der Waals surface area contributed by atoms with Gasteiger partial charge in [0.25, 0.3) is 0 Å². The van der Waals surface area contributed by atoms with Gasteiger partial charge in [-0.05, 0) is 39.0 Å². The Kier molecular flexibility index (Phi) is 5.01. The summed E-state index contributed by atoms with van der Waals surface area (Å²) in [6, 6.07) is 6.50. The number of aromatic nitrogens is 2. The average Bonchev–Trinajstić information content (AvgIpc) is 2.87. The Morgan fingerprint density at radius 2 is 1.92 bits per heavy atom. The lowest BCUT2D eigenvalue weighted by Gasteiger charge is -2.20. The third kappa shape index (κ3) is 4.50. The SMILES string of the molecule is COc1cc(-c2cc(C(=O)O)n(C)n2)ccc1NC(=O)OC(C)(C)C. The molecule has 134 valence electrons. The average molecular weight is 347 g/mol. The molecular weight excluding hydrogens is 326 g/mol. The van der Waals surface area contributed by atoms with E-state index in [1.165, 1.54) is 17.9 Å². The Hall–Kier alpha value is -3.03. The first-order chi connectivity index (χ1) is 11.6. The molecule has 8 heteroatoms. The van der Waals surface area contributed by atoms with Gasteiger partial charge in [0.2, 0.25) is 0 Å². The van der Waals surface area contributed by atoms with Gasteiger partial charge in [0, 0.05) is 12.6 Å². The van der Waals surface area contributed by atoms with Gasteiger partial charge in [-0.3, -0.25) is 10.00 Å². The number of methoxy groups -OCH3 is 1. The van der Waals surface area contributed by atoms with Crippen molar-refractivity contribution >= 4 is 17.7 Å². The maximum Gasteiger partial charge on any atom is 0.412 e. The number of carbonyl (C=O) groups is 2. The number of carboxylic acids is 1. The van der Waals surface area contributed by atoms with E-state index in [2.05, 4.69) is 10.4 Å². The number of rotatable bonds is 4. The Balaban J connectivity index is 2.29. The molecule has 1 aromatic heterocycles. The van der Waals surface area contributed by atoms with Crippen molar-refractivity contribution in [1.82, 2.24) is 9.78 Å². The molecule has 1 heterocycles. The lowest BCUT2D eigenvalue weighted by atomic mass is 10.1. The first-order valence-electron chi connectivity index (χ1n) is 7.56. The molecule has 0 saturated carbocycles. The fraction of sp³-hybridized carbons (Fsp3) is 0.353. The van der Waals surface area contributed by atoms with Crippen molar-refractivity contribution in [1.29, 1.82) is 0 Å². The van der Waals surface area contributed by atoms with Gasteiger partial charge in [0.15, 0.2) is 0 Å². The van der Waals surface area contributed by atoms with Crippen molar-refractivity contribution in [2.24, 2.45) is 7.05 Å². The van der Waals surface area contributed by atoms with Crippen LogP contribution in [0.25, 0.3) is 11.3 Å². The fourth-order valence-electron chi connectivity index (χ4n) is 2.18. The number of hydrogen-bond acceptors (Lipinski definition) is 5. The molecule has 25 heavy (non-hydrogen) atoms. The molecule has 0 aliphatic rings. The number of aromatic carboxylic acids is 1. The van der Waals surface area contributed by atoms with Crippen molar-refractivity contribution < 1.29 is 24.2 Å². The fourth-order valence-corrected chi connectivity index (χ4v) is 2.18. The number of hydrogen-bond donors (Lipinski definition) is 2. The second-order valence-electron chi connectivity index (χ2n) is 6.39. The largest absolute Gasteiger partial charge is 0.495 e. The maximum atomic E-state index is 11.9. The molecule has 0 atom stereocenters. The number of carboxylic acid groups (broad SMARTS) is 1. The van der Waals surface area contributed by atoms with Crippen LogP contribution in [0, 0.1) is 0 Å². The number of anilines is 1. The van der Waals surface area contributed by atoms with Gasteiger partial charge in [-0.2, -0.15) is 5.10 Å². The quantitative estimate of drug-likeness (QED) is 0.881. The second kappa shape index (κ2) is 6.84. The molecule has 2 aromatic rings. The molecule has 0 radical (unpaired) electrons. The molecule has 1 aromatic carbocycles. The molecule has 8 nitrogen and oxygen atoms in total. The first kappa shape index (κ1) is 18.3. The minimum absolute atomic E-state index is 0.0740. The van der Waals surface area contributed by atoms with Crippen molar-refractivity contribution in [2.45, 2.75) is 26.4 Å². The minimum Gasteiger partial charge on any atom is -0.495 e. The smallest absolute Gasteiger partial charge is 0.412 e. The summed E-state index contributed by atoms with van der Waals surface area (Å²) in [6.07, 6.45) is -0.593. The van der Waals surface area contributed by atoms with E-state index < -0.39 is 17.7 Å². The molecule has 0 aliphatic heterocycles. The molecular formula is C17H21N3O5. The van der Waals surface area contributed by atoms with Gasteiger partial charge in [0.05, 0.1) is 18.5 Å². The number of aryl methyl sites for hydroxylation is 1. The summed E-state index contributed by atoms with van der Waals surface area (Å²) in [7, 11) is 3.03. The maximum absolute atomic E-state index is 11.9. The van der Waals surface area contributed by atoms with E-state index in [1.807, 2.05) is 0 Å². The van der Waals surface area contributed by atoms with E-state index in [1.54, 1.807) is 46.0 Å². The molecule has 0 spiro atoms. The van der Waals surface area contributed by atoms with Crippen LogP contribution < -0.4 is 10.1 Å². The molecule has 0 saturated heterocycles. The predicted molar refractivity (Wildman–Crippen MR) is 92.0 cm³/mol. The number of carbonyl (C=O) groups excluding carboxylic acids is 1. The highest BCUT2D eigenvalue weighted by atomic mass is 16.6. The number of benzene rings is 1. The molecule has 1 amide bonds. The normalized spacial score (nSPS) is 11.1. The summed E-state index contributed by atoms with van der Waals surface area (Å²) in [5.74, 6) is -0.651. The van der Waals surface area contributed by atoms with Crippen LogP contribution >= 0.6 is 0 Å². The first-order valence-corrected chi connectivity index (χ1v) is 7.56. The third-order valence-electron chi connectivity index (χ3n) is 3.23. The lowest BCUT2D eigenvalue weighted by molar-refractivity contribution is 0.0633. The summed E-state index contributed by atoms with van der Waals surface area (Å²) >= 11 is 0. The lowest BCUT2D eigenvalue weighted by Crippen LogP contribution is -2.27. The Morgan fingerprint density at radius 1 is 1.24 bits per heavy atom. The monoisotopic (exact) mass is 347 g/mol. The highest BCUT2D eigenvalue weighted by Crippen LogP contribution is 2.31. The van der Waals surface area contributed by atoms with Crippen molar-refractivity contribution in [2.75, 3.05) is 12.4 Å². The van der Waals surface area contributed by atoms with Crippen LogP contribution in [0.1, 0.15) is 31.3 Å². The van der Waals surface area contributed by atoms with Crippen molar-refractivity contribution in [3.05, 3.63) is 30.0 Å². The number of nitrogens with zero attached hydrogens (tertiary/aromatic N) is 2. The van der Waals surface area contributed by atoms with Crippen molar-refractivity contribution in [3.63, 3.8) is 0 Å². The van der Waals surface area contributed by atoms with Gasteiger partial charge in [-0.15, -0.1) is 0 Å². The third-order valence-corrected chi connectivity index (χ3v) is 3.23. The zero-order valence-electron chi connectivity index (χ0n) is 14.8. The summed E-state index contributed by atoms with van der Waals surface area (Å²) in [5, 5.41) is 15.9. The minimum atomic E-state index is -1.06. The van der Waals surface area contributed by atoms with Crippen LogP contribution in [0.15, 0.2) is 24.3 Å². The van der Waals surface area contributed by atoms with Gasteiger partial charge in [-0.25, -0.2) is 9.59 Å². The standard InChI is InChI=1S/C17H21N3O5/c1-17(2,3)25-16(23)18-11-7-6-10(8-14(11)24-5)12-9-13(15(21)22)20(4)19-12/h6-9H,1-5H3,(H,18,23)(H,21,22). The van der Waals surface area contributed by atoms with Gasteiger partial charge in [0.1, 0.15) is 17.0 Å². The highest BCUT2D eigenvalue weighted by molar-refractivity contribution is 5.89. The summed E-state index contributed by atoms with van der Waals surface area (Å²) in [5.41, 5.74) is 1.05. The molecule has 0 bridgehead atoms. The van der Waals surface area contributed by atoms with Gasteiger partial charge in [-0.1, -0.05) is 6.07 Å². The van der Waals surface area contributed by atoms with Crippen LogP contribution in [-0.2, 0) is 11.8 Å². The van der Waals surface area contributed by atoms with E-state index >= 15 is 0 Å². The Labute approximate surface area is 145 Å². The summed E-state index contributed by atoms with van der Waals surface area (Å²) in [6.45, 7) is 5.32. The van der Waals surface area contributed by atoms with Gasteiger partial charge < -0.3 is 14.6 Å². The number of amides is 1. The van der Waals surface area contributed by atoms with Crippen LogP contribution in [0.4, 0.5) is 10.5 Å². The molecule has 0 fully saturated rings. The zero-order chi connectivity index (χ0) is 18.8. The van der Waals surface area contributed by atoms with E-state index in [0.717, 1.165) is 0 Å². The van der Waals surface area contributed by atoms with E-state index in [9.17, 15) is 9.59 Å². The molecule has 0 aliphatic carbocycles. The second-order valence-corrected chi connectivity index (χ2v) is 6.39. The Morgan fingerprint density at radius 3 is 2.44 bits per heavy atom. The predicted octanol–water partition coefficient (Wildman–Crippen LogP) is 3.14. The van der Waals surface area contributed by atoms with E-state index in [0.29, 0.717) is 22.7 Å². The highest BCUT2D eigenvalue weighted by Gasteiger charge is 2.18. The molecule has 2 N–H and O–H groups in total. The summed E-state index contributed by atoms with van der Waals surface area (Å²) in [4.78, 5) is 23.0. The van der Waals surface area contributed by atoms with Crippen LogP contribution in [0.3, 0.4) is 0 Å². The summed E-state index contributed by atoms with van der Waals surface area (Å²) < 4.78 is 11.8. The van der Waals surface area contributed by atoms with E-state index in [-0.39, 0.29) is 5.69 Å². The molecule has 0 unspecified atom stereocenters. The number of nitrogens with one attached hydrogen (secondary N) is 1. The van der Waals surface area contributed by atoms with E-state index in [4.69, 9.17) is 14.6 Å². The van der Waals surface area contributed by atoms with Crippen LogP contribution in [0.5, 0.6) is 5.75 Å². The zero-order valence-corrected chi connectivity index (χ0v) is 14.8. The molecule has 2 rings (SSSR count). The van der Waals surface area contributed by atoms with Crippen LogP contribution in [-0.4, -0.2) is 39.7 Å². The Bertz CT molecular complexity index is 805.